The summed E-state index contributed by atoms with van der Waals surface area (Å²) in [5, 5.41) is 5.72. The van der Waals surface area contributed by atoms with E-state index in [1.807, 2.05) is 7.05 Å². The van der Waals surface area contributed by atoms with E-state index in [4.69, 9.17) is 4.74 Å². The molecule has 146 valence electrons. The summed E-state index contributed by atoms with van der Waals surface area (Å²) >= 11 is 1.80. The van der Waals surface area contributed by atoms with Crippen molar-refractivity contribution < 1.29 is 4.74 Å². The number of rotatable bonds is 5. The van der Waals surface area contributed by atoms with Gasteiger partial charge in [-0.15, -0.1) is 11.3 Å². The standard InChI is InChI=1S/C21H30N4OS/c1-16-8-5-6-9-17(16)19-15-25(11-12-26-19)21(22-2)23-14-18(24(3)4)20-10-7-13-27-20/h5-10,13,18-19H,11-12,14-15H2,1-4H3,(H,22,23). The molecule has 1 N–H and O–H groups in total. The van der Waals surface area contributed by atoms with Crippen molar-refractivity contribution in [2.45, 2.75) is 19.1 Å². The molecule has 2 aromatic rings. The highest BCUT2D eigenvalue weighted by Gasteiger charge is 2.26. The van der Waals surface area contributed by atoms with Crippen molar-refractivity contribution in [1.82, 2.24) is 15.1 Å². The van der Waals surface area contributed by atoms with Crippen LogP contribution >= 0.6 is 11.3 Å². The Hall–Kier alpha value is -1.89. The van der Waals surface area contributed by atoms with Gasteiger partial charge in [-0.3, -0.25) is 4.99 Å². The van der Waals surface area contributed by atoms with E-state index in [0.717, 1.165) is 25.6 Å². The smallest absolute Gasteiger partial charge is 0.193 e. The Labute approximate surface area is 166 Å². The maximum absolute atomic E-state index is 6.06. The molecule has 1 aliphatic rings. The largest absolute Gasteiger partial charge is 0.370 e. The van der Waals surface area contributed by atoms with Crippen LogP contribution in [-0.2, 0) is 4.74 Å². The van der Waals surface area contributed by atoms with Crippen molar-refractivity contribution in [2.75, 3.05) is 47.4 Å². The van der Waals surface area contributed by atoms with Crippen LogP contribution in [0.15, 0.2) is 46.8 Å². The van der Waals surface area contributed by atoms with Gasteiger partial charge >= 0.3 is 0 Å². The van der Waals surface area contributed by atoms with Crippen LogP contribution in [0.1, 0.15) is 28.1 Å². The van der Waals surface area contributed by atoms with E-state index >= 15 is 0 Å². The first-order chi connectivity index (χ1) is 13.1. The number of nitrogens with one attached hydrogen (secondary N) is 1. The first-order valence-electron chi connectivity index (χ1n) is 9.42. The monoisotopic (exact) mass is 386 g/mol. The molecule has 0 radical (unpaired) electrons. The predicted octanol–water partition coefficient (Wildman–Crippen LogP) is 3.31. The average molecular weight is 387 g/mol. The van der Waals surface area contributed by atoms with E-state index < -0.39 is 0 Å². The van der Waals surface area contributed by atoms with Crippen LogP contribution in [-0.4, -0.2) is 63.1 Å². The molecule has 1 aliphatic heterocycles. The third kappa shape index (κ3) is 4.89. The molecule has 5 nitrogen and oxygen atoms in total. The SMILES string of the molecule is CN=C(NCC(c1cccs1)N(C)C)N1CCOC(c2ccccc2C)C1. The third-order valence-electron chi connectivity index (χ3n) is 5.06. The Morgan fingerprint density at radius 2 is 2.15 bits per heavy atom. The molecule has 1 fully saturated rings. The van der Waals surface area contributed by atoms with Crippen LogP contribution in [0.2, 0.25) is 0 Å². The highest BCUT2D eigenvalue weighted by atomic mass is 32.1. The van der Waals surface area contributed by atoms with E-state index in [9.17, 15) is 0 Å². The fourth-order valence-electron chi connectivity index (χ4n) is 3.52. The van der Waals surface area contributed by atoms with Gasteiger partial charge in [0.25, 0.3) is 0 Å². The number of likely N-dealkylation sites (N-methyl/N-ethyl adjacent to an activating group) is 1. The van der Waals surface area contributed by atoms with E-state index in [0.29, 0.717) is 12.6 Å². The number of aliphatic imine (C=N–C) groups is 1. The molecule has 1 saturated heterocycles. The lowest BCUT2D eigenvalue weighted by Crippen LogP contribution is -2.49. The molecule has 0 bridgehead atoms. The Morgan fingerprint density at radius 1 is 1.33 bits per heavy atom. The highest BCUT2D eigenvalue weighted by molar-refractivity contribution is 7.10. The van der Waals surface area contributed by atoms with Crippen LogP contribution in [0, 0.1) is 6.92 Å². The minimum absolute atomic E-state index is 0.0837. The van der Waals surface area contributed by atoms with Gasteiger partial charge in [-0.2, -0.15) is 0 Å². The van der Waals surface area contributed by atoms with Crippen LogP contribution in [0.3, 0.4) is 0 Å². The zero-order valence-corrected chi connectivity index (χ0v) is 17.5. The zero-order valence-electron chi connectivity index (χ0n) is 16.7. The summed E-state index contributed by atoms with van der Waals surface area (Å²) < 4.78 is 6.06. The third-order valence-corrected chi connectivity index (χ3v) is 6.04. The number of benzene rings is 1. The lowest BCUT2D eigenvalue weighted by atomic mass is 10.0. The normalized spacial score (nSPS) is 19.4. The molecule has 27 heavy (non-hydrogen) atoms. The highest BCUT2D eigenvalue weighted by Crippen LogP contribution is 2.25. The van der Waals surface area contributed by atoms with Crippen LogP contribution in [0.5, 0.6) is 0 Å². The molecule has 2 heterocycles. The number of aryl methyl sites for hydroxylation is 1. The van der Waals surface area contributed by atoms with Crippen molar-refractivity contribution in [1.29, 1.82) is 0 Å². The van der Waals surface area contributed by atoms with Gasteiger partial charge in [-0.05, 0) is 43.6 Å². The maximum Gasteiger partial charge on any atom is 0.193 e. The van der Waals surface area contributed by atoms with Crippen LogP contribution < -0.4 is 5.32 Å². The van der Waals surface area contributed by atoms with E-state index in [-0.39, 0.29) is 6.10 Å². The van der Waals surface area contributed by atoms with Crippen molar-refractivity contribution in [2.24, 2.45) is 4.99 Å². The second-order valence-corrected chi connectivity index (χ2v) is 8.06. The quantitative estimate of drug-likeness (QED) is 0.632. The molecule has 0 saturated carbocycles. The molecule has 1 aromatic heterocycles. The molecular formula is C21H30N4OS. The topological polar surface area (TPSA) is 40.1 Å². The zero-order chi connectivity index (χ0) is 19.2. The summed E-state index contributed by atoms with van der Waals surface area (Å²) in [6.07, 6.45) is 0.0837. The van der Waals surface area contributed by atoms with Gasteiger partial charge in [0.05, 0.1) is 19.2 Å². The van der Waals surface area contributed by atoms with Gasteiger partial charge in [0, 0.05) is 25.0 Å². The van der Waals surface area contributed by atoms with E-state index in [1.54, 1.807) is 11.3 Å². The molecular weight excluding hydrogens is 356 g/mol. The molecule has 6 heteroatoms. The number of nitrogens with zero attached hydrogens (tertiary/aromatic N) is 3. The lowest BCUT2D eigenvalue weighted by Gasteiger charge is -2.36. The minimum atomic E-state index is 0.0837. The van der Waals surface area contributed by atoms with Gasteiger partial charge in [0.1, 0.15) is 6.10 Å². The van der Waals surface area contributed by atoms with Gasteiger partial charge in [-0.1, -0.05) is 30.3 Å². The average Bonchev–Trinajstić information content (AvgIpc) is 3.20. The van der Waals surface area contributed by atoms with Crippen LogP contribution in [0.4, 0.5) is 0 Å². The van der Waals surface area contributed by atoms with Gasteiger partial charge < -0.3 is 19.9 Å². The summed E-state index contributed by atoms with van der Waals surface area (Å²) in [4.78, 5) is 10.5. The number of morpholine rings is 1. The molecule has 0 aliphatic carbocycles. The van der Waals surface area contributed by atoms with E-state index in [2.05, 4.69) is 82.9 Å². The number of hydrogen-bond donors (Lipinski definition) is 1. The lowest BCUT2D eigenvalue weighted by molar-refractivity contribution is -0.00839. The van der Waals surface area contributed by atoms with Crippen molar-refractivity contribution in [3.63, 3.8) is 0 Å². The Kier molecular flexibility index (Phi) is 6.88. The number of ether oxygens (including phenoxy) is 1. The fraction of sp³-hybridized carbons (Fsp3) is 0.476. The Balaban J connectivity index is 1.66. The number of guanidine groups is 1. The van der Waals surface area contributed by atoms with Crippen molar-refractivity contribution in [3.8, 4) is 0 Å². The summed E-state index contributed by atoms with van der Waals surface area (Å²) in [7, 11) is 6.10. The summed E-state index contributed by atoms with van der Waals surface area (Å²) in [5.74, 6) is 0.945. The van der Waals surface area contributed by atoms with E-state index in [1.165, 1.54) is 16.0 Å². The van der Waals surface area contributed by atoms with Crippen LogP contribution in [0.25, 0.3) is 0 Å². The van der Waals surface area contributed by atoms with Crippen molar-refractivity contribution >= 4 is 17.3 Å². The minimum Gasteiger partial charge on any atom is -0.370 e. The Bertz CT molecular complexity index is 744. The van der Waals surface area contributed by atoms with Gasteiger partial charge in [-0.25, -0.2) is 0 Å². The summed E-state index contributed by atoms with van der Waals surface area (Å²) in [6, 6.07) is 13.1. The maximum atomic E-state index is 6.06. The predicted molar refractivity (Wildman–Crippen MR) is 114 cm³/mol. The summed E-state index contributed by atoms with van der Waals surface area (Å²) in [5.41, 5.74) is 2.54. The molecule has 2 unspecified atom stereocenters. The first-order valence-corrected chi connectivity index (χ1v) is 10.3. The number of hydrogen-bond acceptors (Lipinski definition) is 4. The molecule has 0 spiro atoms. The molecule has 1 aromatic carbocycles. The second kappa shape index (κ2) is 9.35. The Morgan fingerprint density at radius 3 is 2.81 bits per heavy atom. The molecule has 3 rings (SSSR count). The van der Waals surface area contributed by atoms with Crippen molar-refractivity contribution in [3.05, 3.63) is 57.8 Å². The van der Waals surface area contributed by atoms with Gasteiger partial charge in [0.2, 0.25) is 0 Å². The molecule has 0 amide bonds. The van der Waals surface area contributed by atoms with Gasteiger partial charge in [0.15, 0.2) is 5.96 Å². The first kappa shape index (κ1) is 19.9. The fourth-order valence-corrected chi connectivity index (χ4v) is 4.44. The molecule has 2 atom stereocenters. The second-order valence-electron chi connectivity index (χ2n) is 7.08. The number of thiophene rings is 1. The summed E-state index contributed by atoms with van der Waals surface area (Å²) in [6.45, 7) is 5.35.